The van der Waals surface area contributed by atoms with Gasteiger partial charge in [-0.25, -0.2) is 9.67 Å². The van der Waals surface area contributed by atoms with Gasteiger partial charge in [0.1, 0.15) is 5.82 Å². The third-order valence-corrected chi connectivity index (χ3v) is 4.36. The standard InChI is InChI=1S/C16H19BrN4/c1-10-9-13(10)16-19-15(7-6-11(2)17)21(20-16)14-5-4-8-18-12(14)3/h4-5,8,10,13H,2,6-7,9H2,1,3H3/t10-,13-/m1/s1. The van der Waals surface area contributed by atoms with Crippen molar-refractivity contribution in [3.63, 3.8) is 0 Å². The number of aryl methyl sites for hydroxylation is 2. The Morgan fingerprint density at radius 1 is 1.52 bits per heavy atom. The summed E-state index contributed by atoms with van der Waals surface area (Å²) < 4.78 is 2.94. The number of pyridine rings is 1. The molecule has 0 amide bonds. The fraction of sp³-hybridized carbons (Fsp3) is 0.438. The van der Waals surface area contributed by atoms with Gasteiger partial charge in [0.05, 0.1) is 11.4 Å². The lowest BCUT2D eigenvalue weighted by Crippen LogP contribution is -2.06. The number of aromatic nitrogens is 4. The van der Waals surface area contributed by atoms with Gasteiger partial charge in [-0.05, 0) is 42.3 Å². The molecule has 0 N–H and O–H groups in total. The average Bonchev–Trinajstić information content (AvgIpc) is 3.02. The first-order chi connectivity index (χ1) is 10.1. The summed E-state index contributed by atoms with van der Waals surface area (Å²) in [5.74, 6) is 3.19. The maximum atomic E-state index is 4.77. The number of rotatable bonds is 5. The van der Waals surface area contributed by atoms with Crippen molar-refractivity contribution in [2.24, 2.45) is 5.92 Å². The van der Waals surface area contributed by atoms with E-state index in [1.165, 1.54) is 6.42 Å². The summed E-state index contributed by atoms with van der Waals surface area (Å²) in [6, 6.07) is 3.99. The Labute approximate surface area is 133 Å². The van der Waals surface area contributed by atoms with Crippen LogP contribution < -0.4 is 0 Å². The van der Waals surface area contributed by atoms with E-state index in [4.69, 9.17) is 10.1 Å². The SMILES string of the molecule is C=C(Br)CCc1nc([C@@H]2C[C@H]2C)nn1-c1cccnc1C. The number of hydrogen-bond acceptors (Lipinski definition) is 3. The van der Waals surface area contributed by atoms with Crippen molar-refractivity contribution < 1.29 is 0 Å². The van der Waals surface area contributed by atoms with E-state index < -0.39 is 0 Å². The van der Waals surface area contributed by atoms with Crippen LogP contribution >= 0.6 is 15.9 Å². The van der Waals surface area contributed by atoms with Gasteiger partial charge in [-0.15, -0.1) is 0 Å². The van der Waals surface area contributed by atoms with Crippen molar-refractivity contribution in [3.8, 4) is 5.69 Å². The molecule has 0 aliphatic heterocycles. The largest absolute Gasteiger partial charge is 0.259 e. The van der Waals surface area contributed by atoms with Crippen molar-refractivity contribution in [1.29, 1.82) is 0 Å². The van der Waals surface area contributed by atoms with E-state index in [2.05, 4.69) is 34.4 Å². The van der Waals surface area contributed by atoms with Crippen molar-refractivity contribution in [3.05, 3.63) is 46.7 Å². The van der Waals surface area contributed by atoms with E-state index in [0.717, 1.165) is 40.4 Å². The Morgan fingerprint density at radius 2 is 2.29 bits per heavy atom. The van der Waals surface area contributed by atoms with Crippen LogP contribution in [0.2, 0.25) is 0 Å². The molecule has 0 unspecified atom stereocenters. The first-order valence-corrected chi connectivity index (χ1v) is 8.06. The maximum absolute atomic E-state index is 4.77. The van der Waals surface area contributed by atoms with Gasteiger partial charge in [0.15, 0.2) is 5.82 Å². The molecule has 2 aromatic rings. The molecule has 110 valence electrons. The second kappa shape index (κ2) is 5.72. The highest BCUT2D eigenvalue weighted by Gasteiger charge is 2.38. The van der Waals surface area contributed by atoms with Gasteiger partial charge >= 0.3 is 0 Å². The minimum Gasteiger partial charge on any atom is -0.259 e. The van der Waals surface area contributed by atoms with E-state index in [1.807, 2.05) is 23.7 Å². The van der Waals surface area contributed by atoms with Crippen LogP contribution in [0.3, 0.4) is 0 Å². The molecular weight excluding hydrogens is 328 g/mol. The molecule has 0 radical (unpaired) electrons. The molecule has 0 saturated heterocycles. The molecule has 5 heteroatoms. The molecule has 1 fully saturated rings. The average molecular weight is 347 g/mol. The lowest BCUT2D eigenvalue weighted by Gasteiger charge is -2.07. The second-order valence-electron chi connectivity index (χ2n) is 5.74. The first-order valence-electron chi connectivity index (χ1n) is 7.27. The van der Waals surface area contributed by atoms with Crippen LogP contribution in [0.1, 0.15) is 43.0 Å². The summed E-state index contributed by atoms with van der Waals surface area (Å²) in [5, 5.41) is 4.75. The van der Waals surface area contributed by atoms with Gasteiger partial charge < -0.3 is 0 Å². The van der Waals surface area contributed by atoms with Crippen LogP contribution in [0.5, 0.6) is 0 Å². The van der Waals surface area contributed by atoms with Gasteiger partial charge in [0, 0.05) is 18.5 Å². The predicted molar refractivity (Wildman–Crippen MR) is 86.8 cm³/mol. The summed E-state index contributed by atoms with van der Waals surface area (Å²) >= 11 is 3.42. The molecule has 0 spiro atoms. The fourth-order valence-electron chi connectivity index (χ4n) is 2.50. The monoisotopic (exact) mass is 346 g/mol. The summed E-state index contributed by atoms with van der Waals surface area (Å²) in [5.41, 5.74) is 1.98. The van der Waals surface area contributed by atoms with Crippen LogP contribution in [0, 0.1) is 12.8 Å². The van der Waals surface area contributed by atoms with Crippen LogP contribution in [0.4, 0.5) is 0 Å². The smallest absolute Gasteiger partial charge is 0.154 e. The molecule has 2 aromatic heterocycles. The van der Waals surface area contributed by atoms with Crippen molar-refractivity contribution in [1.82, 2.24) is 19.7 Å². The summed E-state index contributed by atoms with van der Waals surface area (Å²) in [7, 11) is 0. The zero-order chi connectivity index (χ0) is 15.0. The van der Waals surface area contributed by atoms with Crippen molar-refractivity contribution in [2.75, 3.05) is 0 Å². The van der Waals surface area contributed by atoms with Crippen molar-refractivity contribution >= 4 is 15.9 Å². The Balaban J connectivity index is 1.98. The molecule has 2 heterocycles. The van der Waals surface area contributed by atoms with Crippen LogP contribution in [0.15, 0.2) is 29.4 Å². The Bertz CT molecular complexity index is 677. The molecule has 0 aromatic carbocycles. The normalized spacial score (nSPS) is 20.5. The highest BCUT2D eigenvalue weighted by atomic mass is 79.9. The zero-order valence-corrected chi connectivity index (χ0v) is 14.0. The van der Waals surface area contributed by atoms with Crippen molar-refractivity contribution in [2.45, 2.75) is 39.0 Å². The Kier molecular flexibility index (Phi) is 3.93. The second-order valence-corrected chi connectivity index (χ2v) is 6.86. The molecule has 1 saturated carbocycles. The maximum Gasteiger partial charge on any atom is 0.154 e. The topological polar surface area (TPSA) is 43.6 Å². The Hall–Kier alpha value is -1.49. The van der Waals surface area contributed by atoms with Gasteiger partial charge in [-0.1, -0.05) is 29.4 Å². The van der Waals surface area contributed by atoms with E-state index in [9.17, 15) is 0 Å². The zero-order valence-electron chi connectivity index (χ0n) is 12.4. The van der Waals surface area contributed by atoms with Crippen LogP contribution in [-0.2, 0) is 6.42 Å². The van der Waals surface area contributed by atoms with E-state index in [0.29, 0.717) is 11.8 Å². The number of allylic oxidation sites excluding steroid dienone is 1. The quantitative estimate of drug-likeness (QED) is 0.823. The highest BCUT2D eigenvalue weighted by molar-refractivity contribution is 9.11. The van der Waals surface area contributed by atoms with E-state index in [1.54, 1.807) is 6.20 Å². The number of nitrogens with zero attached hydrogens (tertiary/aromatic N) is 4. The third kappa shape index (κ3) is 3.07. The summed E-state index contributed by atoms with van der Waals surface area (Å²) in [4.78, 5) is 9.14. The molecule has 2 atom stereocenters. The van der Waals surface area contributed by atoms with Crippen LogP contribution in [0.25, 0.3) is 5.69 Å². The summed E-state index contributed by atoms with van der Waals surface area (Å²) in [6.45, 7) is 8.16. The first kappa shape index (κ1) is 14.4. The minimum absolute atomic E-state index is 0.522. The van der Waals surface area contributed by atoms with Gasteiger partial charge in [-0.3, -0.25) is 4.98 Å². The summed E-state index contributed by atoms with van der Waals surface area (Å²) in [6.07, 6.45) is 4.68. The lowest BCUT2D eigenvalue weighted by atomic mass is 10.2. The van der Waals surface area contributed by atoms with E-state index in [-0.39, 0.29) is 0 Å². The molecule has 0 bridgehead atoms. The van der Waals surface area contributed by atoms with E-state index >= 15 is 0 Å². The highest BCUT2D eigenvalue weighted by Crippen LogP contribution is 2.45. The predicted octanol–water partition coefficient (Wildman–Crippen LogP) is 3.94. The molecule has 1 aliphatic rings. The third-order valence-electron chi connectivity index (χ3n) is 3.96. The molecule has 1 aliphatic carbocycles. The minimum atomic E-state index is 0.522. The van der Waals surface area contributed by atoms with Crippen LogP contribution in [-0.4, -0.2) is 19.7 Å². The molecule has 3 rings (SSSR count). The van der Waals surface area contributed by atoms with Gasteiger partial charge in [-0.2, -0.15) is 5.10 Å². The fourth-order valence-corrected chi connectivity index (χ4v) is 2.70. The number of hydrogen-bond donors (Lipinski definition) is 0. The lowest BCUT2D eigenvalue weighted by molar-refractivity contribution is 0.757. The van der Waals surface area contributed by atoms with Gasteiger partial charge in [0.25, 0.3) is 0 Å². The molecular formula is C16H19BrN4. The Morgan fingerprint density at radius 3 is 2.90 bits per heavy atom. The molecule has 4 nitrogen and oxygen atoms in total. The molecule has 21 heavy (non-hydrogen) atoms. The van der Waals surface area contributed by atoms with Gasteiger partial charge in [0.2, 0.25) is 0 Å². The number of halogens is 1.